The van der Waals surface area contributed by atoms with Crippen molar-refractivity contribution < 1.29 is 4.39 Å². The lowest BCUT2D eigenvalue weighted by molar-refractivity contribution is 0.610. The Labute approximate surface area is 87.4 Å². The summed E-state index contributed by atoms with van der Waals surface area (Å²) in [6.07, 6.45) is 1.05. The normalized spacial score (nSPS) is 27.2. The van der Waals surface area contributed by atoms with Gasteiger partial charge >= 0.3 is 0 Å². The predicted molar refractivity (Wildman–Crippen MR) is 54.2 cm³/mol. The van der Waals surface area contributed by atoms with Gasteiger partial charge in [0.25, 0.3) is 0 Å². The van der Waals surface area contributed by atoms with Crippen LogP contribution in [-0.4, -0.2) is 4.83 Å². The van der Waals surface area contributed by atoms with Crippen LogP contribution >= 0.6 is 31.9 Å². The molecule has 0 heterocycles. The molecule has 1 saturated carbocycles. The Hall–Kier alpha value is 0.110. The first kappa shape index (κ1) is 8.70. The van der Waals surface area contributed by atoms with Gasteiger partial charge in [0.05, 0.1) is 0 Å². The van der Waals surface area contributed by atoms with E-state index in [-0.39, 0.29) is 5.82 Å². The van der Waals surface area contributed by atoms with Crippen LogP contribution in [0.4, 0.5) is 4.39 Å². The number of alkyl halides is 1. The van der Waals surface area contributed by atoms with Gasteiger partial charge in [0.2, 0.25) is 0 Å². The molecular formula is C9H7Br2F. The zero-order chi connectivity index (χ0) is 8.72. The van der Waals surface area contributed by atoms with E-state index in [0.717, 1.165) is 16.5 Å². The van der Waals surface area contributed by atoms with E-state index in [1.54, 1.807) is 6.07 Å². The molecule has 0 spiro atoms. The van der Waals surface area contributed by atoms with Crippen molar-refractivity contribution in [1.29, 1.82) is 0 Å². The van der Waals surface area contributed by atoms with Gasteiger partial charge in [0.15, 0.2) is 0 Å². The van der Waals surface area contributed by atoms with E-state index in [4.69, 9.17) is 0 Å². The van der Waals surface area contributed by atoms with Crippen molar-refractivity contribution >= 4 is 31.9 Å². The summed E-state index contributed by atoms with van der Waals surface area (Å²) >= 11 is 6.79. The molecule has 2 atom stereocenters. The second-order valence-corrected chi connectivity index (χ2v) is 5.12. The summed E-state index contributed by atoms with van der Waals surface area (Å²) in [5.74, 6) is 0.285. The van der Waals surface area contributed by atoms with Crippen LogP contribution in [0.1, 0.15) is 17.9 Å². The molecule has 0 aliphatic heterocycles. The molecule has 64 valence electrons. The van der Waals surface area contributed by atoms with E-state index in [1.807, 2.05) is 6.07 Å². The van der Waals surface area contributed by atoms with Crippen molar-refractivity contribution in [2.75, 3.05) is 0 Å². The Morgan fingerprint density at radius 2 is 2.08 bits per heavy atom. The Balaban J connectivity index is 2.36. The summed E-state index contributed by atoms with van der Waals surface area (Å²) in [6, 6.07) is 5.10. The first-order valence-corrected chi connectivity index (χ1v) is 5.48. The quantitative estimate of drug-likeness (QED) is 0.690. The molecule has 2 unspecified atom stereocenters. The van der Waals surface area contributed by atoms with Gasteiger partial charge in [-0.05, 0) is 30.2 Å². The molecule has 1 aromatic carbocycles. The van der Waals surface area contributed by atoms with Gasteiger partial charge in [-0.25, -0.2) is 4.39 Å². The van der Waals surface area contributed by atoms with E-state index < -0.39 is 0 Å². The number of hydrogen-bond acceptors (Lipinski definition) is 0. The van der Waals surface area contributed by atoms with Crippen molar-refractivity contribution in [3.8, 4) is 0 Å². The molecule has 2 rings (SSSR count). The summed E-state index contributed by atoms with van der Waals surface area (Å²) in [5, 5.41) is 0. The molecule has 0 saturated heterocycles. The zero-order valence-corrected chi connectivity index (χ0v) is 9.40. The third kappa shape index (κ3) is 1.57. The molecule has 1 aliphatic carbocycles. The Morgan fingerprint density at radius 1 is 1.42 bits per heavy atom. The lowest BCUT2D eigenvalue weighted by atomic mass is 10.1. The molecule has 0 amide bonds. The van der Waals surface area contributed by atoms with Crippen LogP contribution in [0.2, 0.25) is 0 Å². The first-order valence-electron chi connectivity index (χ1n) is 3.77. The monoisotopic (exact) mass is 292 g/mol. The minimum Gasteiger partial charge on any atom is -0.207 e. The third-order valence-electron chi connectivity index (χ3n) is 2.07. The highest BCUT2D eigenvalue weighted by Gasteiger charge is 2.37. The summed E-state index contributed by atoms with van der Waals surface area (Å²) in [4.78, 5) is 0.473. The lowest BCUT2D eigenvalue weighted by Gasteiger charge is -2.00. The predicted octanol–water partition coefficient (Wildman–Crippen LogP) is 3.84. The molecule has 3 heteroatoms. The van der Waals surface area contributed by atoms with Gasteiger partial charge in [-0.1, -0.05) is 31.9 Å². The molecule has 1 aromatic rings. The Morgan fingerprint density at radius 3 is 2.67 bits per heavy atom. The third-order valence-corrected chi connectivity index (χ3v) is 3.58. The number of benzene rings is 1. The number of rotatable bonds is 1. The van der Waals surface area contributed by atoms with Gasteiger partial charge in [-0.3, -0.25) is 0 Å². The van der Waals surface area contributed by atoms with Crippen LogP contribution in [0, 0.1) is 5.82 Å². The second kappa shape index (κ2) is 3.11. The topological polar surface area (TPSA) is 0 Å². The van der Waals surface area contributed by atoms with Crippen LogP contribution in [0.15, 0.2) is 22.7 Å². The highest BCUT2D eigenvalue weighted by Crippen LogP contribution is 2.47. The molecule has 0 N–H and O–H groups in total. The van der Waals surface area contributed by atoms with E-state index in [1.165, 1.54) is 6.07 Å². The first-order chi connectivity index (χ1) is 5.68. The maximum atomic E-state index is 13.2. The molecule has 0 nitrogen and oxygen atoms in total. The van der Waals surface area contributed by atoms with Crippen LogP contribution < -0.4 is 0 Å². The Kier molecular flexibility index (Phi) is 2.25. The maximum Gasteiger partial charge on any atom is 0.126 e. The highest BCUT2D eigenvalue weighted by molar-refractivity contribution is 9.10. The summed E-state index contributed by atoms with van der Waals surface area (Å²) < 4.78 is 14.1. The van der Waals surface area contributed by atoms with E-state index in [2.05, 4.69) is 31.9 Å². The fraction of sp³-hybridized carbons (Fsp3) is 0.333. The summed E-state index contributed by atoms with van der Waals surface area (Å²) in [5.41, 5.74) is 0.825. The van der Waals surface area contributed by atoms with Crippen LogP contribution in [-0.2, 0) is 0 Å². The molecule has 0 aromatic heterocycles. The molecule has 1 aliphatic rings. The van der Waals surface area contributed by atoms with E-state index in [0.29, 0.717) is 10.7 Å². The van der Waals surface area contributed by atoms with Crippen LogP contribution in [0.25, 0.3) is 0 Å². The summed E-state index contributed by atoms with van der Waals surface area (Å²) in [6.45, 7) is 0. The maximum absolute atomic E-state index is 13.2. The smallest absolute Gasteiger partial charge is 0.126 e. The average molecular weight is 294 g/mol. The molecule has 0 bridgehead atoms. The summed E-state index contributed by atoms with van der Waals surface area (Å²) in [7, 11) is 0. The molecule has 12 heavy (non-hydrogen) atoms. The Bertz CT molecular complexity index is 311. The standard InChI is InChI=1S/C9H7Br2F/c10-5-1-2-9(12)7(3-5)6-4-8(6)11/h1-3,6,8H,4H2. The van der Waals surface area contributed by atoms with Gasteiger partial charge in [0.1, 0.15) is 5.82 Å². The van der Waals surface area contributed by atoms with Gasteiger partial charge in [-0.2, -0.15) is 0 Å². The number of hydrogen-bond donors (Lipinski definition) is 0. The lowest BCUT2D eigenvalue weighted by Crippen LogP contribution is -1.88. The molecular weight excluding hydrogens is 287 g/mol. The average Bonchev–Trinajstić information content (AvgIpc) is 2.73. The molecule has 1 fully saturated rings. The minimum absolute atomic E-state index is 0.0925. The van der Waals surface area contributed by atoms with Crippen molar-refractivity contribution in [1.82, 2.24) is 0 Å². The van der Waals surface area contributed by atoms with Crippen molar-refractivity contribution in [3.05, 3.63) is 34.1 Å². The van der Waals surface area contributed by atoms with Crippen LogP contribution in [0.3, 0.4) is 0 Å². The van der Waals surface area contributed by atoms with Gasteiger partial charge in [-0.15, -0.1) is 0 Å². The van der Waals surface area contributed by atoms with Crippen LogP contribution in [0.5, 0.6) is 0 Å². The fourth-order valence-corrected chi connectivity index (χ4v) is 2.35. The van der Waals surface area contributed by atoms with E-state index >= 15 is 0 Å². The van der Waals surface area contributed by atoms with Crippen molar-refractivity contribution in [2.45, 2.75) is 17.2 Å². The highest BCUT2D eigenvalue weighted by atomic mass is 79.9. The fourth-order valence-electron chi connectivity index (χ4n) is 1.28. The number of halogens is 3. The zero-order valence-electron chi connectivity index (χ0n) is 6.23. The van der Waals surface area contributed by atoms with Gasteiger partial charge < -0.3 is 0 Å². The second-order valence-electron chi connectivity index (χ2n) is 3.02. The van der Waals surface area contributed by atoms with E-state index in [9.17, 15) is 4.39 Å². The minimum atomic E-state index is -0.0925. The van der Waals surface area contributed by atoms with Crippen molar-refractivity contribution in [2.24, 2.45) is 0 Å². The SMILES string of the molecule is Fc1ccc(Br)cc1C1CC1Br. The molecule has 0 radical (unpaired) electrons. The van der Waals surface area contributed by atoms with Gasteiger partial charge in [0, 0.05) is 15.2 Å². The largest absolute Gasteiger partial charge is 0.207 e. The van der Waals surface area contributed by atoms with Crippen molar-refractivity contribution in [3.63, 3.8) is 0 Å².